The van der Waals surface area contributed by atoms with Crippen molar-refractivity contribution in [3.05, 3.63) is 11.6 Å². The Hall–Kier alpha value is -0.830. The van der Waals surface area contributed by atoms with Crippen LogP contribution in [0.15, 0.2) is 11.6 Å². The molecule has 0 unspecified atom stereocenters. The predicted molar refractivity (Wildman–Crippen MR) is 63.1 cm³/mol. The van der Waals surface area contributed by atoms with Crippen LogP contribution in [0.3, 0.4) is 0 Å². The van der Waals surface area contributed by atoms with Crippen molar-refractivity contribution in [2.24, 2.45) is 17.3 Å². The average Bonchev–Trinajstić information content (AvgIpc) is 2.45. The molecule has 0 saturated carbocycles. The van der Waals surface area contributed by atoms with E-state index in [1.807, 2.05) is 20.8 Å². The fourth-order valence-electron chi connectivity index (χ4n) is 2.50. The average molecular weight is 226 g/mol. The van der Waals surface area contributed by atoms with E-state index >= 15 is 0 Å². The van der Waals surface area contributed by atoms with Crippen molar-refractivity contribution in [3.63, 3.8) is 0 Å². The van der Waals surface area contributed by atoms with Crippen LogP contribution in [0, 0.1) is 17.3 Å². The maximum Gasteiger partial charge on any atom is 0.303 e. The summed E-state index contributed by atoms with van der Waals surface area (Å²) in [4.78, 5) is 10.7. The minimum absolute atomic E-state index is 0.0699. The third-order valence-electron chi connectivity index (χ3n) is 3.39. The number of rotatable bonds is 5. The highest BCUT2D eigenvalue weighted by atomic mass is 16.4. The lowest BCUT2D eigenvalue weighted by Gasteiger charge is -2.25. The molecule has 0 heterocycles. The molecule has 0 aromatic heterocycles. The van der Waals surface area contributed by atoms with E-state index in [1.54, 1.807) is 0 Å². The molecule has 1 aliphatic carbocycles. The van der Waals surface area contributed by atoms with Gasteiger partial charge in [-0.3, -0.25) is 4.79 Å². The standard InChI is InChI=1S/C13H22O3/c1-9-4-10(7-13(2,3)8-14)5-11(9)6-12(15)16/h4,10-11,14H,5-8H2,1-3H3,(H,15,16)/t10-,11-/m0/s1. The van der Waals surface area contributed by atoms with E-state index in [1.165, 1.54) is 5.57 Å². The summed E-state index contributed by atoms with van der Waals surface area (Å²) in [5, 5.41) is 18.0. The highest BCUT2D eigenvalue weighted by molar-refractivity contribution is 5.67. The van der Waals surface area contributed by atoms with Gasteiger partial charge >= 0.3 is 5.97 Å². The van der Waals surface area contributed by atoms with Crippen LogP contribution in [-0.4, -0.2) is 22.8 Å². The molecule has 92 valence electrons. The normalized spacial score (nSPS) is 25.6. The highest BCUT2D eigenvalue weighted by Gasteiger charge is 2.29. The maximum absolute atomic E-state index is 10.7. The van der Waals surface area contributed by atoms with Crippen molar-refractivity contribution in [3.8, 4) is 0 Å². The van der Waals surface area contributed by atoms with Crippen LogP contribution >= 0.6 is 0 Å². The number of allylic oxidation sites excluding steroid dienone is 2. The Morgan fingerprint density at radius 3 is 2.69 bits per heavy atom. The van der Waals surface area contributed by atoms with Crippen molar-refractivity contribution in [1.29, 1.82) is 0 Å². The zero-order chi connectivity index (χ0) is 12.3. The van der Waals surface area contributed by atoms with Crippen LogP contribution in [0.25, 0.3) is 0 Å². The van der Waals surface area contributed by atoms with Crippen LogP contribution in [0.1, 0.15) is 40.0 Å². The molecule has 0 spiro atoms. The van der Waals surface area contributed by atoms with E-state index < -0.39 is 5.97 Å². The zero-order valence-corrected chi connectivity index (χ0v) is 10.4. The van der Waals surface area contributed by atoms with Gasteiger partial charge in [0.1, 0.15) is 0 Å². The summed E-state index contributed by atoms with van der Waals surface area (Å²) < 4.78 is 0. The summed E-state index contributed by atoms with van der Waals surface area (Å²) in [6.07, 6.45) is 4.27. The molecule has 0 fully saturated rings. The van der Waals surface area contributed by atoms with Gasteiger partial charge in [-0.1, -0.05) is 25.5 Å². The van der Waals surface area contributed by atoms with Gasteiger partial charge < -0.3 is 10.2 Å². The van der Waals surface area contributed by atoms with E-state index in [2.05, 4.69) is 6.08 Å². The van der Waals surface area contributed by atoms with Gasteiger partial charge in [0.15, 0.2) is 0 Å². The number of aliphatic hydroxyl groups excluding tert-OH is 1. The summed E-state index contributed by atoms with van der Waals surface area (Å²) in [5.74, 6) is -0.108. The van der Waals surface area contributed by atoms with E-state index in [0.29, 0.717) is 5.92 Å². The molecule has 3 nitrogen and oxygen atoms in total. The van der Waals surface area contributed by atoms with E-state index in [4.69, 9.17) is 5.11 Å². The summed E-state index contributed by atoms with van der Waals surface area (Å²) in [6.45, 7) is 6.28. The van der Waals surface area contributed by atoms with Crippen molar-refractivity contribution < 1.29 is 15.0 Å². The summed E-state index contributed by atoms with van der Waals surface area (Å²) >= 11 is 0. The van der Waals surface area contributed by atoms with Gasteiger partial charge in [0, 0.05) is 6.61 Å². The van der Waals surface area contributed by atoms with Crippen molar-refractivity contribution >= 4 is 5.97 Å². The first-order chi connectivity index (χ1) is 7.34. The molecule has 2 atom stereocenters. The highest BCUT2D eigenvalue weighted by Crippen LogP contribution is 2.38. The lowest BCUT2D eigenvalue weighted by atomic mass is 9.82. The third kappa shape index (κ3) is 3.63. The largest absolute Gasteiger partial charge is 0.481 e. The molecule has 0 radical (unpaired) electrons. The Balaban J connectivity index is 2.54. The van der Waals surface area contributed by atoms with Gasteiger partial charge in [0.05, 0.1) is 6.42 Å². The number of hydrogen-bond donors (Lipinski definition) is 2. The fourth-order valence-corrected chi connectivity index (χ4v) is 2.50. The second kappa shape index (κ2) is 5.00. The van der Waals surface area contributed by atoms with Gasteiger partial charge in [-0.2, -0.15) is 0 Å². The van der Waals surface area contributed by atoms with E-state index in [9.17, 15) is 9.90 Å². The van der Waals surface area contributed by atoms with Crippen molar-refractivity contribution in [2.75, 3.05) is 6.61 Å². The second-order valence-electron chi connectivity index (χ2n) is 5.73. The van der Waals surface area contributed by atoms with Crippen LogP contribution in [0.5, 0.6) is 0 Å². The monoisotopic (exact) mass is 226 g/mol. The summed E-state index contributed by atoms with van der Waals surface area (Å²) in [6, 6.07) is 0. The van der Waals surface area contributed by atoms with Crippen molar-refractivity contribution in [1.82, 2.24) is 0 Å². The molecule has 2 N–H and O–H groups in total. The molecule has 3 heteroatoms. The predicted octanol–water partition coefficient (Wildman–Crippen LogP) is 2.45. The maximum atomic E-state index is 10.7. The molecule has 0 aliphatic heterocycles. The molecule has 0 aromatic carbocycles. The Morgan fingerprint density at radius 2 is 2.19 bits per heavy atom. The molecule has 1 aliphatic rings. The smallest absolute Gasteiger partial charge is 0.303 e. The molecule has 0 amide bonds. The quantitative estimate of drug-likeness (QED) is 0.708. The van der Waals surface area contributed by atoms with Gasteiger partial charge in [0.2, 0.25) is 0 Å². The van der Waals surface area contributed by atoms with Gasteiger partial charge in [-0.05, 0) is 37.0 Å². The summed E-state index contributed by atoms with van der Waals surface area (Å²) in [7, 11) is 0. The molecular formula is C13H22O3. The molecule has 0 saturated heterocycles. The Morgan fingerprint density at radius 1 is 1.56 bits per heavy atom. The number of carbonyl (C=O) groups is 1. The lowest BCUT2D eigenvalue weighted by Crippen LogP contribution is -2.20. The Bertz CT molecular complexity index is 292. The molecule has 0 bridgehead atoms. The van der Waals surface area contributed by atoms with Crippen LogP contribution in [0.2, 0.25) is 0 Å². The van der Waals surface area contributed by atoms with Gasteiger partial charge in [0.25, 0.3) is 0 Å². The first-order valence-corrected chi connectivity index (χ1v) is 5.85. The second-order valence-corrected chi connectivity index (χ2v) is 5.73. The van der Waals surface area contributed by atoms with Gasteiger partial charge in [-0.15, -0.1) is 0 Å². The van der Waals surface area contributed by atoms with E-state index in [0.717, 1.165) is 12.8 Å². The molecular weight excluding hydrogens is 204 g/mol. The molecule has 0 aromatic rings. The topological polar surface area (TPSA) is 57.5 Å². The fraction of sp³-hybridized carbons (Fsp3) is 0.769. The minimum Gasteiger partial charge on any atom is -0.481 e. The molecule has 1 rings (SSSR count). The first kappa shape index (κ1) is 13.2. The number of carboxylic acids is 1. The first-order valence-electron chi connectivity index (χ1n) is 5.85. The Kier molecular flexibility index (Phi) is 4.14. The van der Waals surface area contributed by atoms with Crippen LogP contribution in [0.4, 0.5) is 0 Å². The number of carboxylic acid groups (broad SMARTS) is 1. The Labute approximate surface area is 97.2 Å². The van der Waals surface area contributed by atoms with Crippen molar-refractivity contribution in [2.45, 2.75) is 40.0 Å². The zero-order valence-electron chi connectivity index (χ0n) is 10.4. The minimum atomic E-state index is -0.722. The number of aliphatic hydroxyl groups is 1. The number of hydrogen-bond acceptors (Lipinski definition) is 2. The van der Waals surface area contributed by atoms with Gasteiger partial charge in [-0.25, -0.2) is 0 Å². The molecule has 16 heavy (non-hydrogen) atoms. The SMILES string of the molecule is CC1=C[C@H](CC(C)(C)CO)C[C@H]1CC(=O)O. The summed E-state index contributed by atoms with van der Waals surface area (Å²) in [5.41, 5.74) is 1.13. The van der Waals surface area contributed by atoms with E-state index in [-0.39, 0.29) is 24.4 Å². The lowest BCUT2D eigenvalue weighted by molar-refractivity contribution is -0.137. The number of aliphatic carboxylic acids is 1. The van der Waals surface area contributed by atoms with Crippen LogP contribution in [-0.2, 0) is 4.79 Å². The van der Waals surface area contributed by atoms with Crippen LogP contribution < -0.4 is 0 Å². The third-order valence-corrected chi connectivity index (χ3v) is 3.39.